The molecule has 4 aromatic rings. The molecule has 2 aromatic carbocycles. The maximum absolute atomic E-state index is 13.1. The number of hydrogen-bond acceptors (Lipinski definition) is 7. The van der Waals surface area contributed by atoms with Crippen molar-refractivity contribution in [2.45, 2.75) is 13.0 Å². The fourth-order valence-corrected chi connectivity index (χ4v) is 2.89. The molecule has 30 heavy (non-hydrogen) atoms. The number of anilines is 3. The maximum Gasteiger partial charge on any atom is 0.233 e. The quantitative estimate of drug-likeness (QED) is 0.421. The number of benzene rings is 2. The third kappa shape index (κ3) is 4.52. The van der Waals surface area contributed by atoms with E-state index in [1.165, 1.54) is 18.5 Å². The zero-order valence-electron chi connectivity index (χ0n) is 16.4. The van der Waals surface area contributed by atoms with Crippen LogP contribution in [0, 0.1) is 5.82 Å². The van der Waals surface area contributed by atoms with Gasteiger partial charge in [0.05, 0.1) is 18.8 Å². The smallest absolute Gasteiger partial charge is 0.233 e. The fraction of sp³-hybridized carbons (Fsp3) is 0.143. The highest BCUT2D eigenvalue weighted by Gasteiger charge is 2.10. The van der Waals surface area contributed by atoms with E-state index in [9.17, 15) is 4.39 Å². The van der Waals surface area contributed by atoms with Crippen molar-refractivity contribution in [2.24, 2.45) is 0 Å². The lowest BCUT2D eigenvalue weighted by Gasteiger charge is -2.14. The molecule has 2 aromatic heterocycles. The Kier molecular flexibility index (Phi) is 5.51. The standard InChI is InChI=1S/C21H20FN7O/c1-13(14-6-8-16(22)9-7-14)25-20-23-12-24-21(27-20)26-19-11-18(28-29-19)15-4-3-5-17(10-15)30-2/h3-13H,1-2H3,(H3,23,24,25,26,27,28,29). The summed E-state index contributed by atoms with van der Waals surface area (Å²) < 4.78 is 18.4. The van der Waals surface area contributed by atoms with Crippen LogP contribution in [0.1, 0.15) is 18.5 Å². The van der Waals surface area contributed by atoms with E-state index in [0.717, 1.165) is 22.6 Å². The van der Waals surface area contributed by atoms with Crippen LogP contribution in [0.2, 0.25) is 0 Å². The lowest BCUT2D eigenvalue weighted by Crippen LogP contribution is -2.11. The van der Waals surface area contributed by atoms with Gasteiger partial charge in [0.2, 0.25) is 11.9 Å². The molecule has 0 saturated heterocycles. The van der Waals surface area contributed by atoms with Crippen molar-refractivity contribution in [3.05, 3.63) is 72.3 Å². The molecule has 3 N–H and O–H groups in total. The third-order valence-corrected chi connectivity index (χ3v) is 4.49. The normalized spacial score (nSPS) is 11.7. The monoisotopic (exact) mass is 405 g/mol. The molecule has 0 aliphatic carbocycles. The van der Waals surface area contributed by atoms with Gasteiger partial charge in [0.15, 0.2) is 5.82 Å². The third-order valence-electron chi connectivity index (χ3n) is 4.49. The van der Waals surface area contributed by atoms with E-state index < -0.39 is 0 Å². The molecule has 2 heterocycles. The number of nitrogens with zero attached hydrogens (tertiary/aromatic N) is 4. The average molecular weight is 405 g/mol. The summed E-state index contributed by atoms with van der Waals surface area (Å²) in [5.41, 5.74) is 2.69. The number of hydrogen-bond donors (Lipinski definition) is 3. The van der Waals surface area contributed by atoms with Crippen LogP contribution in [0.25, 0.3) is 11.3 Å². The predicted molar refractivity (Wildman–Crippen MR) is 112 cm³/mol. The van der Waals surface area contributed by atoms with Crippen molar-refractivity contribution in [1.29, 1.82) is 0 Å². The Hall–Kier alpha value is -4.01. The lowest BCUT2D eigenvalue weighted by atomic mass is 10.1. The summed E-state index contributed by atoms with van der Waals surface area (Å²) in [6, 6.07) is 15.7. The number of H-pyrrole nitrogens is 1. The van der Waals surface area contributed by atoms with Gasteiger partial charge in [-0.25, -0.2) is 14.4 Å². The van der Waals surface area contributed by atoms with Gasteiger partial charge in [0.1, 0.15) is 17.9 Å². The Bertz CT molecular complexity index is 1130. The molecule has 1 unspecified atom stereocenters. The maximum atomic E-state index is 13.1. The average Bonchev–Trinajstić information content (AvgIpc) is 3.23. The number of aromatic amines is 1. The first-order valence-electron chi connectivity index (χ1n) is 9.28. The molecule has 152 valence electrons. The van der Waals surface area contributed by atoms with Crippen LogP contribution in [0.4, 0.5) is 22.1 Å². The molecular weight excluding hydrogens is 385 g/mol. The molecule has 9 heteroatoms. The van der Waals surface area contributed by atoms with Crippen LogP contribution in [-0.2, 0) is 0 Å². The van der Waals surface area contributed by atoms with Crippen molar-refractivity contribution in [3.8, 4) is 17.0 Å². The van der Waals surface area contributed by atoms with Crippen LogP contribution >= 0.6 is 0 Å². The number of nitrogens with one attached hydrogen (secondary N) is 3. The van der Waals surface area contributed by atoms with E-state index in [-0.39, 0.29) is 11.9 Å². The van der Waals surface area contributed by atoms with Crippen LogP contribution in [0.5, 0.6) is 5.75 Å². The largest absolute Gasteiger partial charge is 0.497 e. The van der Waals surface area contributed by atoms with E-state index in [1.807, 2.05) is 37.3 Å². The van der Waals surface area contributed by atoms with Crippen molar-refractivity contribution in [3.63, 3.8) is 0 Å². The van der Waals surface area contributed by atoms with Crippen molar-refractivity contribution < 1.29 is 9.13 Å². The summed E-state index contributed by atoms with van der Waals surface area (Å²) in [6.45, 7) is 1.94. The van der Waals surface area contributed by atoms with Crippen molar-refractivity contribution >= 4 is 17.7 Å². The first-order valence-corrected chi connectivity index (χ1v) is 9.28. The molecule has 8 nitrogen and oxygen atoms in total. The zero-order chi connectivity index (χ0) is 20.9. The Labute approximate surface area is 172 Å². The first-order chi connectivity index (χ1) is 14.6. The van der Waals surface area contributed by atoms with E-state index in [2.05, 4.69) is 35.8 Å². The molecule has 0 bridgehead atoms. The Morgan fingerprint density at radius 1 is 1.03 bits per heavy atom. The SMILES string of the molecule is COc1cccc(-c2cc(Nc3ncnc(NC(C)c4ccc(F)cc4)n3)n[nH]2)c1. The molecule has 0 aliphatic rings. The van der Waals surface area contributed by atoms with Crippen LogP contribution in [-0.4, -0.2) is 32.3 Å². The molecule has 0 amide bonds. The predicted octanol–water partition coefficient (Wildman–Crippen LogP) is 4.33. The minimum Gasteiger partial charge on any atom is -0.497 e. The molecule has 0 fully saturated rings. The second kappa shape index (κ2) is 8.56. The summed E-state index contributed by atoms with van der Waals surface area (Å²) in [4.78, 5) is 12.7. The molecular formula is C21H20FN7O. The number of rotatable bonds is 7. The number of methoxy groups -OCH3 is 1. The second-order valence-electron chi connectivity index (χ2n) is 6.57. The van der Waals surface area contributed by atoms with Gasteiger partial charge < -0.3 is 15.4 Å². The molecule has 4 rings (SSSR count). The molecule has 0 aliphatic heterocycles. The van der Waals surface area contributed by atoms with Crippen LogP contribution in [0.3, 0.4) is 0 Å². The lowest BCUT2D eigenvalue weighted by molar-refractivity contribution is 0.415. The Morgan fingerprint density at radius 2 is 1.83 bits per heavy atom. The summed E-state index contributed by atoms with van der Waals surface area (Å²) in [5, 5.41) is 13.5. The second-order valence-corrected chi connectivity index (χ2v) is 6.57. The Balaban J connectivity index is 1.45. The summed E-state index contributed by atoms with van der Waals surface area (Å²) in [6.07, 6.45) is 1.41. The van der Waals surface area contributed by atoms with Gasteiger partial charge in [-0.3, -0.25) is 5.10 Å². The summed E-state index contributed by atoms with van der Waals surface area (Å²) >= 11 is 0. The van der Waals surface area contributed by atoms with Crippen LogP contribution < -0.4 is 15.4 Å². The van der Waals surface area contributed by atoms with Crippen LogP contribution in [0.15, 0.2) is 60.9 Å². The zero-order valence-corrected chi connectivity index (χ0v) is 16.4. The summed E-state index contributed by atoms with van der Waals surface area (Å²) in [5.74, 6) is 1.80. The van der Waals surface area contributed by atoms with E-state index in [1.54, 1.807) is 19.2 Å². The van der Waals surface area contributed by atoms with Crippen molar-refractivity contribution in [1.82, 2.24) is 25.1 Å². The molecule has 0 saturated carbocycles. The van der Waals surface area contributed by atoms with Crippen molar-refractivity contribution in [2.75, 3.05) is 17.7 Å². The van der Waals surface area contributed by atoms with Gasteiger partial charge in [-0.1, -0.05) is 24.3 Å². The molecule has 0 radical (unpaired) electrons. The van der Waals surface area contributed by atoms with Gasteiger partial charge in [-0.2, -0.15) is 10.1 Å². The number of halogens is 1. The van der Waals surface area contributed by atoms with Gasteiger partial charge in [0, 0.05) is 11.6 Å². The fourth-order valence-electron chi connectivity index (χ4n) is 2.89. The van der Waals surface area contributed by atoms with Gasteiger partial charge in [-0.05, 0) is 36.8 Å². The topological polar surface area (TPSA) is 101 Å². The summed E-state index contributed by atoms with van der Waals surface area (Å²) in [7, 11) is 1.63. The molecule has 0 spiro atoms. The van der Waals surface area contributed by atoms with E-state index in [4.69, 9.17) is 4.74 Å². The van der Waals surface area contributed by atoms with E-state index in [0.29, 0.717) is 17.7 Å². The first kappa shape index (κ1) is 19.3. The van der Waals surface area contributed by atoms with E-state index >= 15 is 0 Å². The highest BCUT2D eigenvalue weighted by molar-refractivity contribution is 5.65. The minimum absolute atomic E-state index is 0.106. The highest BCUT2D eigenvalue weighted by Crippen LogP contribution is 2.25. The van der Waals surface area contributed by atoms with Gasteiger partial charge in [-0.15, -0.1) is 0 Å². The molecule has 1 atom stereocenters. The highest BCUT2D eigenvalue weighted by atomic mass is 19.1. The number of aromatic nitrogens is 5. The van der Waals surface area contributed by atoms with Gasteiger partial charge >= 0.3 is 0 Å². The minimum atomic E-state index is -0.273. The Morgan fingerprint density at radius 3 is 2.63 bits per heavy atom. The number of ether oxygens (including phenoxy) is 1. The van der Waals surface area contributed by atoms with Gasteiger partial charge in [0.25, 0.3) is 0 Å².